The minimum absolute atomic E-state index is 0.0190. The third kappa shape index (κ3) is 5.89. The Hall–Kier alpha value is -2.63. The molecule has 5 heteroatoms. The molecule has 178 valence electrons. The van der Waals surface area contributed by atoms with Gasteiger partial charge in [-0.1, -0.05) is 49.9 Å². The second-order valence-electron chi connectivity index (χ2n) is 9.58. The molecule has 0 unspecified atom stereocenters. The van der Waals surface area contributed by atoms with Crippen molar-refractivity contribution in [2.45, 2.75) is 55.2 Å². The van der Waals surface area contributed by atoms with E-state index in [0.717, 1.165) is 47.8 Å². The van der Waals surface area contributed by atoms with E-state index in [1.54, 1.807) is 23.9 Å². The Balaban J connectivity index is 1.58. The molecule has 4 rings (SSSR count). The highest BCUT2D eigenvalue weighted by Gasteiger charge is 2.35. The largest absolute Gasteiger partial charge is 0.326 e. The molecule has 1 fully saturated rings. The minimum atomic E-state index is -0.211. The van der Waals surface area contributed by atoms with E-state index < -0.39 is 0 Å². The Labute approximate surface area is 206 Å². The Kier molecular flexibility index (Phi) is 7.74. The van der Waals surface area contributed by atoms with Crippen LogP contribution in [0.2, 0.25) is 0 Å². The maximum Gasteiger partial charge on any atom is 0.226 e. The zero-order chi connectivity index (χ0) is 24.1. The van der Waals surface area contributed by atoms with Gasteiger partial charge >= 0.3 is 0 Å². The van der Waals surface area contributed by atoms with Gasteiger partial charge in [0, 0.05) is 26.8 Å². The van der Waals surface area contributed by atoms with Crippen LogP contribution < -0.4 is 10.6 Å². The van der Waals surface area contributed by atoms with Crippen molar-refractivity contribution in [2.24, 2.45) is 5.92 Å². The lowest BCUT2D eigenvalue weighted by Crippen LogP contribution is -2.42. The first-order chi connectivity index (χ1) is 16.3. The van der Waals surface area contributed by atoms with Crippen LogP contribution >= 0.6 is 11.8 Å². The van der Waals surface area contributed by atoms with Gasteiger partial charge in [-0.15, -0.1) is 0 Å². The number of halogens is 1. The van der Waals surface area contributed by atoms with Gasteiger partial charge in [-0.25, -0.2) is 4.39 Å². The topological polar surface area (TPSA) is 41.1 Å². The zero-order valence-electron chi connectivity index (χ0n) is 20.2. The summed E-state index contributed by atoms with van der Waals surface area (Å²) in [5.74, 6) is -0.224. The fraction of sp³-hybridized carbons (Fsp3) is 0.345. The molecule has 1 aliphatic rings. The highest BCUT2D eigenvalue weighted by atomic mass is 32.2. The van der Waals surface area contributed by atoms with Gasteiger partial charge in [-0.3, -0.25) is 4.79 Å². The smallest absolute Gasteiger partial charge is 0.226 e. The lowest BCUT2D eigenvalue weighted by atomic mass is 9.68. The molecule has 0 atom stereocenters. The molecular formula is C29H33FN2OS. The summed E-state index contributed by atoms with van der Waals surface area (Å²) >= 11 is 1.57. The van der Waals surface area contributed by atoms with Crippen LogP contribution in [0.25, 0.3) is 0 Å². The lowest BCUT2D eigenvalue weighted by Gasteiger charge is -2.40. The van der Waals surface area contributed by atoms with Crippen LogP contribution in [0.5, 0.6) is 0 Å². The van der Waals surface area contributed by atoms with E-state index in [4.69, 9.17) is 0 Å². The molecular weight excluding hydrogens is 443 g/mol. The van der Waals surface area contributed by atoms with Crippen LogP contribution in [0, 0.1) is 18.7 Å². The molecule has 1 aliphatic heterocycles. The van der Waals surface area contributed by atoms with Crippen LogP contribution in [-0.4, -0.2) is 19.0 Å². The van der Waals surface area contributed by atoms with Crippen molar-refractivity contribution in [2.75, 3.05) is 18.4 Å². The molecule has 0 radical (unpaired) electrons. The number of rotatable bonds is 7. The van der Waals surface area contributed by atoms with Crippen molar-refractivity contribution in [3.8, 4) is 0 Å². The number of piperidine rings is 1. The van der Waals surface area contributed by atoms with Crippen LogP contribution in [0.15, 0.2) is 76.5 Å². The van der Waals surface area contributed by atoms with Gasteiger partial charge in [-0.05, 0) is 98.4 Å². The van der Waals surface area contributed by atoms with Crippen molar-refractivity contribution in [3.63, 3.8) is 0 Å². The minimum Gasteiger partial charge on any atom is -0.326 e. The maximum atomic E-state index is 13.5. The number of hydrogen-bond acceptors (Lipinski definition) is 3. The Morgan fingerprint density at radius 1 is 1.03 bits per heavy atom. The average molecular weight is 477 g/mol. The van der Waals surface area contributed by atoms with Gasteiger partial charge in [0.1, 0.15) is 5.82 Å². The second-order valence-corrected chi connectivity index (χ2v) is 10.7. The highest BCUT2D eigenvalue weighted by Crippen LogP contribution is 2.40. The fourth-order valence-corrected chi connectivity index (χ4v) is 5.60. The zero-order valence-corrected chi connectivity index (χ0v) is 21.0. The molecule has 0 aliphatic carbocycles. The van der Waals surface area contributed by atoms with E-state index in [9.17, 15) is 9.18 Å². The van der Waals surface area contributed by atoms with Gasteiger partial charge in [0.15, 0.2) is 0 Å². The summed E-state index contributed by atoms with van der Waals surface area (Å²) in [6.07, 6.45) is 3.05. The number of nitrogens with one attached hydrogen (secondary N) is 2. The lowest BCUT2D eigenvalue weighted by molar-refractivity contribution is -0.118. The van der Waals surface area contributed by atoms with E-state index in [-0.39, 0.29) is 23.1 Å². The molecule has 0 spiro atoms. The summed E-state index contributed by atoms with van der Waals surface area (Å²) in [6.45, 7) is 7.96. The monoisotopic (exact) mass is 476 g/mol. The van der Waals surface area contributed by atoms with Crippen molar-refractivity contribution in [3.05, 3.63) is 89.2 Å². The number of carbonyl (C=O) groups excluding carboxylic acids is 1. The molecule has 0 saturated carbocycles. The average Bonchev–Trinajstić information content (AvgIpc) is 2.82. The molecule has 0 bridgehead atoms. The summed E-state index contributed by atoms with van der Waals surface area (Å²) in [5.41, 5.74) is 4.78. The van der Waals surface area contributed by atoms with E-state index in [1.165, 1.54) is 22.8 Å². The molecule has 0 aromatic heterocycles. The highest BCUT2D eigenvalue weighted by molar-refractivity contribution is 7.99. The third-order valence-electron chi connectivity index (χ3n) is 6.66. The number of anilines is 1. The van der Waals surface area contributed by atoms with Crippen LogP contribution in [-0.2, 0) is 16.6 Å². The first-order valence-electron chi connectivity index (χ1n) is 12.0. The Morgan fingerprint density at radius 3 is 2.44 bits per heavy atom. The van der Waals surface area contributed by atoms with Gasteiger partial charge in [0.2, 0.25) is 5.91 Å². The van der Waals surface area contributed by atoms with Gasteiger partial charge in [0.25, 0.3) is 0 Å². The molecule has 1 heterocycles. The number of amides is 1. The Bertz CT molecular complexity index is 1140. The van der Waals surface area contributed by atoms with Crippen molar-refractivity contribution < 1.29 is 9.18 Å². The molecule has 3 aromatic rings. The number of aryl methyl sites for hydroxylation is 1. The predicted octanol–water partition coefficient (Wildman–Crippen LogP) is 6.74. The third-order valence-corrected chi connectivity index (χ3v) is 7.66. The first-order valence-corrected chi connectivity index (χ1v) is 12.8. The SMILES string of the molecule is Cc1ccc(NC(=O)C(C)C)cc1C1(Cc2ccc(Sc3cccc(F)c3)cc2)CCNCC1. The summed E-state index contributed by atoms with van der Waals surface area (Å²) in [6, 6.07) is 21.7. The maximum absolute atomic E-state index is 13.5. The van der Waals surface area contributed by atoms with E-state index >= 15 is 0 Å². The standard InChI is InChI=1S/C29H33FN2OS/c1-20(2)28(33)32-24-10-7-21(3)27(18-24)29(13-15-31-16-14-29)19-22-8-11-25(12-9-22)34-26-6-4-5-23(30)17-26/h4-12,17-18,20,31H,13-16,19H2,1-3H3,(H,32,33). The number of carbonyl (C=O) groups is 1. The number of benzene rings is 3. The second kappa shape index (κ2) is 10.7. The van der Waals surface area contributed by atoms with Gasteiger partial charge in [-0.2, -0.15) is 0 Å². The molecule has 1 amide bonds. The normalized spacial score (nSPS) is 15.3. The quantitative estimate of drug-likeness (QED) is 0.397. The van der Waals surface area contributed by atoms with Crippen LogP contribution in [0.4, 0.5) is 10.1 Å². The predicted molar refractivity (Wildman–Crippen MR) is 139 cm³/mol. The summed E-state index contributed by atoms with van der Waals surface area (Å²) in [7, 11) is 0. The fourth-order valence-electron chi connectivity index (χ4n) is 4.74. The summed E-state index contributed by atoms with van der Waals surface area (Å²) in [5, 5.41) is 6.59. The van der Waals surface area contributed by atoms with E-state index in [2.05, 4.69) is 54.0 Å². The molecule has 2 N–H and O–H groups in total. The molecule has 34 heavy (non-hydrogen) atoms. The first kappa shape index (κ1) is 24.5. The van der Waals surface area contributed by atoms with Crippen molar-refractivity contribution >= 4 is 23.4 Å². The van der Waals surface area contributed by atoms with Crippen LogP contribution in [0.1, 0.15) is 43.4 Å². The molecule has 1 saturated heterocycles. The van der Waals surface area contributed by atoms with Crippen molar-refractivity contribution in [1.29, 1.82) is 0 Å². The van der Waals surface area contributed by atoms with Crippen molar-refractivity contribution in [1.82, 2.24) is 5.32 Å². The molecule has 3 nitrogen and oxygen atoms in total. The van der Waals surface area contributed by atoms with Gasteiger partial charge in [0.05, 0.1) is 0 Å². The summed E-state index contributed by atoms with van der Waals surface area (Å²) in [4.78, 5) is 14.3. The molecule has 3 aromatic carbocycles. The van der Waals surface area contributed by atoms with E-state index in [0.29, 0.717) is 0 Å². The van der Waals surface area contributed by atoms with Crippen LogP contribution in [0.3, 0.4) is 0 Å². The van der Waals surface area contributed by atoms with E-state index in [1.807, 2.05) is 26.0 Å². The summed E-state index contributed by atoms with van der Waals surface area (Å²) < 4.78 is 13.5. The van der Waals surface area contributed by atoms with Gasteiger partial charge < -0.3 is 10.6 Å². The number of hydrogen-bond donors (Lipinski definition) is 2. The Morgan fingerprint density at radius 2 is 1.76 bits per heavy atom.